The van der Waals surface area contributed by atoms with Gasteiger partial charge in [0.25, 0.3) is 17.1 Å². The monoisotopic (exact) mass is 384 g/mol. The highest BCUT2D eigenvalue weighted by Gasteiger charge is 2.30. The van der Waals surface area contributed by atoms with Crippen molar-refractivity contribution in [1.82, 2.24) is 0 Å². The number of non-ortho nitro benzene ring substituents is 1. The van der Waals surface area contributed by atoms with E-state index >= 15 is 0 Å². The highest BCUT2D eigenvalue weighted by atomic mass is 19.4. The van der Waals surface area contributed by atoms with Gasteiger partial charge < -0.3 is 0 Å². The van der Waals surface area contributed by atoms with E-state index in [2.05, 4.69) is 4.99 Å². The van der Waals surface area contributed by atoms with Gasteiger partial charge in [0.15, 0.2) is 0 Å². The Balaban J connectivity index is 2.53. The van der Waals surface area contributed by atoms with Crippen LogP contribution in [0.1, 0.15) is 11.1 Å². The minimum atomic E-state index is -4.57. The molecule has 0 heterocycles. The lowest BCUT2D eigenvalue weighted by molar-refractivity contribution is -0.403. The molecule has 0 aliphatic carbocycles. The van der Waals surface area contributed by atoms with Crippen LogP contribution in [0.4, 0.5) is 35.9 Å². The van der Waals surface area contributed by atoms with E-state index in [4.69, 9.17) is 0 Å². The van der Waals surface area contributed by atoms with Crippen LogP contribution in [0.3, 0.4) is 0 Å². The molecular formula is C14H7F3N4O6. The third-order valence-corrected chi connectivity index (χ3v) is 3.26. The average Bonchev–Trinajstić information content (AvgIpc) is 2.58. The van der Waals surface area contributed by atoms with E-state index in [0.29, 0.717) is 30.5 Å². The van der Waals surface area contributed by atoms with Gasteiger partial charge in [0.05, 0.1) is 38.2 Å². The van der Waals surface area contributed by atoms with Crippen molar-refractivity contribution in [2.45, 2.75) is 6.18 Å². The molecule has 0 unspecified atom stereocenters. The van der Waals surface area contributed by atoms with Gasteiger partial charge in [0, 0.05) is 6.21 Å². The van der Waals surface area contributed by atoms with Crippen LogP contribution in [0.5, 0.6) is 0 Å². The molecule has 0 saturated heterocycles. The summed E-state index contributed by atoms with van der Waals surface area (Å²) in [6, 6.07) is 4.41. The number of hydrogen-bond acceptors (Lipinski definition) is 7. The molecule has 0 bridgehead atoms. The zero-order valence-corrected chi connectivity index (χ0v) is 12.9. The van der Waals surface area contributed by atoms with Crippen molar-refractivity contribution >= 4 is 29.0 Å². The smallest absolute Gasteiger partial charge is 0.258 e. The van der Waals surface area contributed by atoms with Crippen molar-refractivity contribution < 1.29 is 27.9 Å². The Morgan fingerprint density at radius 2 is 1.33 bits per heavy atom. The van der Waals surface area contributed by atoms with Crippen molar-refractivity contribution in [2.24, 2.45) is 4.99 Å². The lowest BCUT2D eigenvalue weighted by Gasteiger charge is -2.05. The molecule has 2 rings (SSSR count). The first-order chi connectivity index (χ1) is 12.5. The molecule has 0 aliphatic heterocycles. The van der Waals surface area contributed by atoms with E-state index in [9.17, 15) is 43.5 Å². The Hall–Kier alpha value is -3.90. The molecule has 140 valence electrons. The van der Waals surface area contributed by atoms with Crippen molar-refractivity contribution in [1.29, 1.82) is 0 Å². The van der Waals surface area contributed by atoms with Gasteiger partial charge in [0.1, 0.15) is 5.56 Å². The fourth-order valence-corrected chi connectivity index (χ4v) is 2.02. The van der Waals surface area contributed by atoms with Crippen LogP contribution in [0, 0.1) is 30.3 Å². The van der Waals surface area contributed by atoms with Gasteiger partial charge in [0.2, 0.25) is 0 Å². The minimum absolute atomic E-state index is 0.0649. The maximum Gasteiger partial charge on any atom is 0.416 e. The summed E-state index contributed by atoms with van der Waals surface area (Å²) < 4.78 is 37.5. The second kappa shape index (κ2) is 7.15. The number of nitrogens with zero attached hydrogens (tertiary/aromatic N) is 4. The number of nitro groups is 3. The number of nitro benzene ring substituents is 3. The zero-order chi connectivity index (χ0) is 20.4. The van der Waals surface area contributed by atoms with Gasteiger partial charge in [-0.25, -0.2) is 0 Å². The Kier molecular flexibility index (Phi) is 5.14. The van der Waals surface area contributed by atoms with E-state index in [1.54, 1.807) is 0 Å². The van der Waals surface area contributed by atoms with Crippen LogP contribution in [0.15, 0.2) is 41.4 Å². The molecule has 13 heteroatoms. The largest absolute Gasteiger partial charge is 0.416 e. The Morgan fingerprint density at radius 1 is 0.852 bits per heavy atom. The lowest BCUT2D eigenvalue weighted by atomic mass is 10.1. The Bertz CT molecular complexity index is 921. The van der Waals surface area contributed by atoms with Crippen molar-refractivity contribution in [3.05, 3.63) is 77.9 Å². The third kappa shape index (κ3) is 4.39. The molecule has 2 aromatic carbocycles. The molecule has 0 radical (unpaired) electrons. The third-order valence-electron chi connectivity index (χ3n) is 3.26. The number of rotatable bonds is 5. The number of aliphatic imine (C=N–C) groups is 1. The van der Waals surface area contributed by atoms with Gasteiger partial charge in [-0.05, 0) is 24.3 Å². The van der Waals surface area contributed by atoms with Crippen LogP contribution in [0.25, 0.3) is 0 Å². The molecule has 0 amide bonds. The second-order valence-electron chi connectivity index (χ2n) is 4.97. The quantitative estimate of drug-likeness (QED) is 0.430. The summed E-state index contributed by atoms with van der Waals surface area (Å²) in [6.07, 6.45) is -3.87. The van der Waals surface area contributed by atoms with Gasteiger partial charge in [-0.2, -0.15) is 13.2 Å². The molecular weight excluding hydrogens is 377 g/mol. The summed E-state index contributed by atoms with van der Waals surface area (Å²) in [5.41, 5.74) is -4.38. The molecule has 0 atom stereocenters. The molecule has 0 aromatic heterocycles. The van der Waals surface area contributed by atoms with Crippen molar-refractivity contribution in [3.8, 4) is 0 Å². The first-order valence-corrected chi connectivity index (χ1v) is 6.83. The maximum absolute atomic E-state index is 12.5. The summed E-state index contributed by atoms with van der Waals surface area (Å²) in [7, 11) is 0. The van der Waals surface area contributed by atoms with Gasteiger partial charge in [-0.15, -0.1) is 0 Å². The fraction of sp³-hybridized carbons (Fsp3) is 0.0714. The molecule has 0 N–H and O–H groups in total. The summed E-state index contributed by atoms with van der Waals surface area (Å²) in [5, 5.41) is 33.0. The first-order valence-electron chi connectivity index (χ1n) is 6.83. The van der Waals surface area contributed by atoms with Gasteiger partial charge in [-0.3, -0.25) is 35.3 Å². The van der Waals surface area contributed by atoms with Gasteiger partial charge in [-0.1, -0.05) is 0 Å². The lowest BCUT2D eigenvalue weighted by Crippen LogP contribution is -2.04. The predicted molar refractivity (Wildman–Crippen MR) is 85.1 cm³/mol. The Morgan fingerprint density at radius 3 is 1.70 bits per heavy atom. The van der Waals surface area contributed by atoms with E-state index in [-0.39, 0.29) is 5.69 Å². The fourth-order valence-electron chi connectivity index (χ4n) is 2.02. The van der Waals surface area contributed by atoms with E-state index in [1.165, 1.54) is 0 Å². The zero-order valence-electron chi connectivity index (χ0n) is 12.9. The highest BCUT2D eigenvalue weighted by Crippen LogP contribution is 2.33. The van der Waals surface area contributed by atoms with Crippen LogP contribution in [0.2, 0.25) is 0 Å². The number of benzene rings is 2. The van der Waals surface area contributed by atoms with Crippen LogP contribution in [-0.2, 0) is 6.18 Å². The summed E-state index contributed by atoms with van der Waals surface area (Å²) in [6.45, 7) is 0. The summed E-state index contributed by atoms with van der Waals surface area (Å²) in [4.78, 5) is 33.5. The van der Waals surface area contributed by atoms with E-state index in [0.717, 1.165) is 12.1 Å². The second-order valence-corrected chi connectivity index (χ2v) is 4.97. The highest BCUT2D eigenvalue weighted by molar-refractivity contribution is 5.93. The topological polar surface area (TPSA) is 142 Å². The van der Waals surface area contributed by atoms with Crippen molar-refractivity contribution in [2.75, 3.05) is 0 Å². The molecule has 2 aromatic rings. The molecule has 0 aliphatic rings. The minimum Gasteiger partial charge on any atom is -0.258 e. The molecule has 0 saturated carbocycles. The average molecular weight is 384 g/mol. The van der Waals surface area contributed by atoms with Crippen LogP contribution < -0.4 is 0 Å². The number of halogens is 3. The number of hydrogen-bond donors (Lipinski definition) is 0. The molecule has 27 heavy (non-hydrogen) atoms. The van der Waals surface area contributed by atoms with Gasteiger partial charge >= 0.3 is 6.18 Å². The number of alkyl halides is 3. The molecule has 10 nitrogen and oxygen atoms in total. The Labute approximate surface area is 147 Å². The normalized spacial score (nSPS) is 11.5. The van der Waals surface area contributed by atoms with E-state index < -0.39 is 49.1 Å². The van der Waals surface area contributed by atoms with Crippen LogP contribution >= 0.6 is 0 Å². The SMILES string of the molecule is O=[N+]([O-])c1cc([N+](=O)[O-])c(C=Nc2ccc(C(F)(F)F)cc2)c([N+](=O)[O-])c1. The summed E-state index contributed by atoms with van der Waals surface area (Å²) in [5.74, 6) is 0. The van der Waals surface area contributed by atoms with E-state index in [1.807, 2.05) is 0 Å². The van der Waals surface area contributed by atoms with Crippen molar-refractivity contribution in [3.63, 3.8) is 0 Å². The predicted octanol–water partition coefficient (Wildman–Crippen LogP) is 4.18. The maximum atomic E-state index is 12.5. The van der Waals surface area contributed by atoms with Crippen LogP contribution in [-0.4, -0.2) is 21.0 Å². The molecule has 0 fully saturated rings. The first kappa shape index (κ1) is 19.4. The standard InChI is InChI=1S/C14H7F3N4O6/c15-14(16,17)8-1-3-9(4-2-8)18-7-11-12(20(24)25)5-10(19(22)23)6-13(11)21(26)27/h1-7H. The molecule has 0 spiro atoms. The summed E-state index contributed by atoms with van der Waals surface area (Å²) >= 11 is 0.